The van der Waals surface area contributed by atoms with E-state index in [9.17, 15) is 9.59 Å². The number of ether oxygens (including phenoxy) is 3. The fourth-order valence-electron chi connectivity index (χ4n) is 1.44. The van der Waals surface area contributed by atoms with Gasteiger partial charge in [0.1, 0.15) is 19.5 Å². The van der Waals surface area contributed by atoms with Crippen molar-refractivity contribution in [2.75, 3.05) is 27.4 Å². The van der Waals surface area contributed by atoms with Crippen molar-refractivity contribution in [1.29, 1.82) is 0 Å². The Labute approximate surface area is 139 Å². The van der Waals surface area contributed by atoms with Crippen molar-refractivity contribution in [2.45, 2.75) is 0 Å². The van der Waals surface area contributed by atoms with Crippen LogP contribution in [0.25, 0.3) is 0 Å². The molecule has 24 heavy (non-hydrogen) atoms. The number of benzene rings is 1. The van der Waals surface area contributed by atoms with E-state index in [1.807, 2.05) is 0 Å². The van der Waals surface area contributed by atoms with Gasteiger partial charge in [-0.1, -0.05) is 0 Å². The van der Waals surface area contributed by atoms with Gasteiger partial charge in [0.05, 0.1) is 14.2 Å². The van der Waals surface area contributed by atoms with Crippen molar-refractivity contribution in [1.82, 2.24) is 0 Å². The Morgan fingerprint density at radius 3 is 2.38 bits per heavy atom. The molecule has 0 bridgehead atoms. The fourth-order valence-corrected chi connectivity index (χ4v) is 1.44. The summed E-state index contributed by atoms with van der Waals surface area (Å²) >= 11 is 0. The highest BCUT2D eigenvalue weighted by molar-refractivity contribution is 6.40. The Bertz CT molecular complexity index is 553. The quantitative estimate of drug-likeness (QED) is 0.107. The summed E-state index contributed by atoms with van der Waals surface area (Å²) in [5, 5.41) is 8.26. The summed E-state index contributed by atoms with van der Waals surface area (Å²) in [5.41, 5.74) is 0.114. The smallest absolute Gasteiger partial charge is 0.379 e. The first-order valence-corrected chi connectivity index (χ1v) is 6.65. The van der Waals surface area contributed by atoms with E-state index in [1.165, 1.54) is 32.4 Å². The average Bonchev–Trinajstić information content (AvgIpc) is 2.64. The lowest BCUT2D eigenvalue weighted by atomic mass is 10.1. The minimum Gasteiger partial charge on any atom is -0.512 e. The molecule has 1 aromatic carbocycles. The van der Waals surface area contributed by atoms with E-state index < -0.39 is 11.8 Å². The first-order valence-electron chi connectivity index (χ1n) is 6.65. The first-order chi connectivity index (χ1) is 11.6. The summed E-state index contributed by atoms with van der Waals surface area (Å²) in [6.07, 6.45) is 1.52. The number of Topliss-reactive ketones (excluding diaryl/α,β-unsaturated/α-hetero) is 1. The zero-order valence-corrected chi connectivity index (χ0v) is 13.5. The number of carbonyl (C=O) groups excluding carboxylic acids is 2. The number of rotatable bonds is 9. The summed E-state index contributed by atoms with van der Waals surface area (Å²) in [6, 6.07) is 4.32. The SMILES string of the molecule is C=C.COc1ccc(C(=O)C(=O)OCCOO/C=C\O)cc1OC. The molecule has 1 aromatic rings. The van der Waals surface area contributed by atoms with Crippen molar-refractivity contribution in [3.63, 3.8) is 0 Å². The third kappa shape index (κ3) is 6.84. The molecule has 0 atom stereocenters. The number of esters is 1. The van der Waals surface area contributed by atoms with E-state index in [4.69, 9.17) is 19.3 Å². The number of hydrogen-bond donors (Lipinski definition) is 1. The summed E-state index contributed by atoms with van der Waals surface area (Å²) in [4.78, 5) is 32.3. The zero-order valence-electron chi connectivity index (χ0n) is 13.5. The number of hydrogen-bond acceptors (Lipinski definition) is 8. The number of aliphatic hydroxyl groups is 1. The van der Waals surface area contributed by atoms with Crippen molar-refractivity contribution in [3.05, 3.63) is 49.4 Å². The van der Waals surface area contributed by atoms with E-state index in [0.29, 0.717) is 17.8 Å². The second-order valence-corrected chi connectivity index (χ2v) is 3.74. The predicted octanol–water partition coefficient (Wildman–Crippen LogP) is 2.21. The maximum Gasteiger partial charge on any atom is 0.379 e. The van der Waals surface area contributed by atoms with Crippen LogP contribution < -0.4 is 9.47 Å². The molecule has 1 rings (SSSR count). The van der Waals surface area contributed by atoms with Crippen LogP contribution in [-0.4, -0.2) is 44.3 Å². The van der Waals surface area contributed by atoms with Gasteiger partial charge in [0.2, 0.25) is 0 Å². The van der Waals surface area contributed by atoms with Gasteiger partial charge in [-0.3, -0.25) is 4.79 Å². The molecule has 0 radical (unpaired) electrons. The van der Waals surface area contributed by atoms with E-state index in [0.717, 1.165) is 6.26 Å². The largest absolute Gasteiger partial charge is 0.512 e. The second-order valence-electron chi connectivity index (χ2n) is 3.74. The highest BCUT2D eigenvalue weighted by Gasteiger charge is 2.19. The van der Waals surface area contributed by atoms with Crippen LogP contribution in [0.4, 0.5) is 0 Å². The maximum atomic E-state index is 11.9. The Hall–Kier alpha value is -3.00. The molecule has 0 amide bonds. The van der Waals surface area contributed by atoms with Gasteiger partial charge in [0.25, 0.3) is 5.78 Å². The molecule has 132 valence electrons. The molecule has 8 nitrogen and oxygen atoms in total. The molecular weight excluding hydrogens is 320 g/mol. The topological polar surface area (TPSA) is 101 Å². The number of ketones is 1. The minimum absolute atomic E-state index is 0.102. The van der Waals surface area contributed by atoms with Crippen molar-refractivity contribution < 1.29 is 38.7 Å². The normalized spacial score (nSPS) is 9.58. The lowest BCUT2D eigenvalue weighted by Crippen LogP contribution is -2.20. The van der Waals surface area contributed by atoms with Crippen LogP contribution in [0.5, 0.6) is 11.5 Å². The van der Waals surface area contributed by atoms with Crippen LogP contribution in [0.1, 0.15) is 10.4 Å². The third-order valence-corrected chi connectivity index (χ3v) is 2.42. The van der Waals surface area contributed by atoms with Gasteiger partial charge < -0.3 is 24.2 Å². The molecule has 0 saturated heterocycles. The molecule has 0 saturated carbocycles. The van der Waals surface area contributed by atoms with Crippen LogP contribution in [0.2, 0.25) is 0 Å². The van der Waals surface area contributed by atoms with Crippen LogP contribution >= 0.6 is 0 Å². The van der Waals surface area contributed by atoms with Crippen LogP contribution in [0, 0.1) is 0 Å². The predicted molar refractivity (Wildman–Crippen MR) is 84.9 cm³/mol. The lowest BCUT2D eigenvalue weighted by Gasteiger charge is -2.09. The maximum absolute atomic E-state index is 11.9. The number of carbonyl (C=O) groups is 2. The second kappa shape index (κ2) is 12.5. The van der Waals surface area contributed by atoms with Gasteiger partial charge in [-0.2, -0.15) is 4.89 Å². The summed E-state index contributed by atoms with van der Waals surface area (Å²) in [5.74, 6) is -1.09. The Morgan fingerprint density at radius 2 is 1.79 bits per heavy atom. The summed E-state index contributed by atoms with van der Waals surface area (Å²) < 4.78 is 14.8. The molecule has 0 fully saturated rings. The van der Waals surface area contributed by atoms with E-state index >= 15 is 0 Å². The molecule has 0 heterocycles. The molecule has 1 N–H and O–H groups in total. The van der Waals surface area contributed by atoms with Crippen LogP contribution in [0.3, 0.4) is 0 Å². The molecule has 0 unspecified atom stereocenters. The molecule has 8 heteroatoms. The molecular formula is C16H20O8. The monoisotopic (exact) mass is 340 g/mol. The summed E-state index contributed by atoms with van der Waals surface area (Å²) in [6.45, 7) is 5.71. The molecule has 0 aliphatic carbocycles. The van der Waals surface area contributed by atoms with Gasteiger partial charge in [0.15, 0.2) is 17.8 Å². The van der Waals surface area contributed by atoms with E-state index in [1.54, 1.807) is 0 Å². The minimum atomic E-state index is -1.03. The summed E-state index contributed by atoms with van der Waals surface area (Å²) in [7, 11) is 2.88. The van der Waals surface area contributed by atoms with Crippen molar-refractivity contribution >= 4 is 11.8 Å². The van der Waals surface area contributed by atoms with Crippen LogP contribution in [-0.2, 0) is 19.3 Å². The van der Waals surface area contributed by atoms with Gasteiger partial charge >= 0.3 is 5.97 Å². The zero-order chi connectivity index (χ0) is 18.4. The standard InChI is InChI=1S/C14H16O8.C2H4/c1-18-11-4-3-10(9-12(11)19-2)13(16)14(17)20-7-8-22-21-6-5-15;1-2/h3-6,9,15H,7-8H2,1-2H3;1-2H2/b6-5-;. The molecule has 0 aromatic heterocycles. The van der Waals surface area contributed by atoms with Crippen LogP contribution in [0.15, 0.2) is 43.9 Å². The molecule has 0 aliphatic heterocycles. The van der Waals surface area contributed by atoms with Gasteiger partial charge in [-0.05, 0) is 18.2 Å². The van der Waals surface area contributed by atoms with E-state index in [-0.39, 0.29) is 18.8 Å². The van der Waals surface area contributed by atoms with Crippen molar-refractivity contribution in [3.8, 4) is 11.5 Å². The molecule has 0 aliphatic rings. The number of aliphatic hydroxyl groups excluding tert-OH is 1. The highest BCUT2D eigenvalue weighted by Crippen LogP contribution is 2.27. The average molecular weight is 340 g/mol. The fraction of sp³-hybridized carbons (Fsp3) is 0.250. The van der Waals surface area contributed by atoms with Gasteiger partial charge in [0, 0.05) is 5.56 Å². The van der Waals surface area contributed by atoms with Gasteiger partial charge in [-0.15, -0.1) is 13.2 Å². The Balaban J connectivity index is 0.00000254. The third-order valence-electron chi connectivity index (χ3n) is 2.42. The van der Waals surface area contributed by atoms with Gasteiger partial charge in [-0.25, -0.2) is 4.79 Å². The Morgan fingerprint density at radius 1 is 1.12 bits per heavy atom. The number of methoxy groups -OCH3 is 2. The van der Waals surface area contributed by atoms with Crippen molar-refractivity contribution in [2.24, 2.45) is 0 Å². The first kappa shape index (κ1) is 21.0. The molecule has 0 spiro atoms. The highest BCUT2D eigenvalue weighted by atomic mass is 17.2. The lowest BCUT2D eigenvalue weighted by molar-refractivity contribution is -0.254. The van der Waals surface area contributed by atoms with E-state index in [2.05, 4.69) is 22.9 Å². The Kier molecular flexibility index (Phi) is 11.0.